The average Bonchev–Trinajstić information content (AvgIpc) is 2.72. The van der Waals surface area contributed by atoms with E-state index in [1.165, 1.54) is 11.1 Å². The van der Waals surface area contributed by atoms with E-state index in [1.807, 2.05) is 0 Å². The van der Waals surface area contributed by atoms with Gasteiger partial charge in [-0.3, -0.25) is 9.69 Å². The monoisotopic (exact) mass is 416 g/mol. The lowest BCUT2D eigenvalue weighted by molar-refractivity contribution is 0.0935. The minimum Gasteiger partial charge on any atom is -0.489 e. The van der Waals surface area contributed by atoms with Gasteiger partial charge >= 0.3 is 0 Å². The Labute approximate surface area is 177 Å². The first kappa shape index (κ1) is 21.6. The fourth-order valence-corrected chi connectivity index (χ4v) is 3.72. The van der Waals surface area contributed by atoms with E-state index in [9.17, 15) is 4.79 Å². The van der Waals surface area contributed by atoms with Crippen molar-refractivity contribution in [3.63, 3.8) is 0 Å². The van der Waals surface area contributed by atoms with Crippen LogP contribution in [-0.4, -0.2) is 50.3 Å². The van der Waals surface area contributed by atoms with Crippen LogP contribution in [0.15, 0.2) is 42.5 Å². The van der Waals surface area contributed by atoms with Gasteiger partial charge in [0.15, 0.2) is 0 Å². The van der Waals surface area contributed by atoms with E-state index in [0.29, 0.717) is 29.5 Å². The van der Waals surface area contributed by atoms with Crippen LogP contribution in [0.1, 0.15) is 34.3 Å². The van der Waals surface area contributed by atoms with Crippen LogP contribution >= 0.6 is 11.6 Å². The van der Waals surface area contributed by atoms with Gasteiger partial charge in [-0.25, -0.2) is 0 Å². The van der Waals surface area contributed by atoms with Gasteiger partial charge in [0.05, 0.1) is 11.6 Å². The molecule has 1 aliphatic heterocycles. The molecule has 0 unspecified atom stereocenters. The van der Waals surface area contributed by atoms with Crippen molar-refractivity contribution >= 4 is 17.5 Å². The number of likely N-dealkylation sites (tertiary alicyclic amines) is 1. The number of carbonyl (C=O) groups is 1. The molecule has 2 aromatic carbocycles. The molecule has 0 spiro atoms. The number of hydrogen-bond donors (Lipinski definition) is 1. The maximum absolute atomic E-state index is 12.1. The van der Waals surface area contributed by atoms with Crippen LogP contribution in [0.4, 0.5) is 0 Å². The topological polar surface area (TPSA) is 50.8 Å². The highest BCUT2D eigenvalue weighted by molar-refractivity contribution is 6.32. The third-order valence-corrected chi connectivity index (χ3v) is 5.56. The van der Waals surface area contributed by atoms with Crippen molar-refractivity contribution in [3.05, 3.63) is 64.2 Å². The van der Waals surface area contributed by atoms with Crippen molar-refractivity contribution < 1.29 is 14.3 Å². The summed E-state index contributed by atoms with van der Waals surface area (Å²) in [7, 11) is 1.60. The molecule has 29 heavy (non-hydrogen) atoms. The Bertz CT molecular complexity index is 820. The summed E-state index contributed by atoms with van der Waals surface area (Å²) in [5.74, 6) is 0.470. The number of rotatable bonds is 8. The minimum absolute atomic E-state index is 0.141. The van der Waals surface area contributed by atoms with Crippen molar-refractivity contribution in [3.8, 4) is 5.75 Å². The maximum atomic E-state index is 12.1. The molecule has 0 bridgehead atoms. The van der Waals surface area contributed by atoms with E-state index in [1.54, 1.807) is 25.3 Å². The van der Waals surface area contributed by atoms with Gasteiger partial charge in [0.2, 0.25) is 0 Å². The molecule has 6 heteroatoms. The zero-order valence-electron chi connectivity index (χ0n) is 17.1. The molecule has 3 rings (SSSR count). The summed E-state index contributed by atoms with van der Waals surface area (Å²) in [6.45, 7) is 6.07. The molecule has 2 aromatic rings. The first-order valence-corrected chi connectivity index (χ1v) is 10.4. The van der Waals surface area contributed by atoms with Crippen LogP contribution < -0.4 is 10.1 Å². The molecule has 0 saturated carbocycles. The van der Waals surface area contributed by atoms with E-state index < -0.39 is 0 Å². The Hall–Kier alpha value is -2.08. The van der Waals surface area contributed by atoms with Crippen LogP contribution in [0.25, 0.3) is 0 Å². The fourth-order valence-electron chi connectivity index (χ4n) is 3.50. The number of nitrogens with one attached hydrogen (secondary N) is 1. The lowest BCUT2D eigenvalue weighted by Gasteiger charge is -2.32. The second-order valence-electron chi connectivity index (χ2n) is 7.41. The summed E-state index contributed by atoms with van der Waals surface area (Å²) in [6.07, 6.45) is 2.06. The second-order valence-corrected chi connectivity index (χ2v) is 7.82. The number of halogens is 1. The van der Waals surface area contributed by atoms with Gasteiger partial charge in [-0.15, -0.1) is 0 Å². The number of ether oxygens (including phenoxy) is 2. The van der Waals surface area contributed by atoms with Crippen LogP contribution in [0, 0.1) is 6.92 Å². The number of piperidine rings is 1. The smallest absolute Gasteiger partial charge is 0.251 e. The van der Waals surface area contributed by atoms with Gasteiger partial charge in [-0.05, 0) is 49.1 Å². The van der Waals surface area contributed by atoms with Gasteiger partial charge in [0.25, 0.3) is 5.91 Å². The predicted molar refractivity (Wildman–Crippen MR) is 116 cm³/mol. The largest absolute Gasteiger partial charge is 0.489 e. The normalized spacial score (nSPS) is 15.3. The molecule has 1 amide bonds. The number of methoxy groups -OCH3 is 1. The highest BCUT2D eigenvalue weighted by Crippen LogP contribution is 2.29. The zero-order chi connectivity index (χ0) is 20.6. The number of hydrogen-bond acceptors (Lipinski definition) is 4. The van der Waals surface area contributed by atoms with Crippen LogP contribution in [0.2, 0.25) is 5.02 Å². The van der Waals surface area contributed by atoms with Crippen LogP contribution in [-0.2, 0) is 11.3 Å². The number of carbonyl (C=O) groups excluding carboxylic acids is 1. The van der Waals surface area contributed by atoms with Gasteiger partial charge in [-0.1, -0.05) is 35.9 Å². The van der Waals surface area contributed by atoms with Gasteiger partial charge in [0, 0.05) is 38.9 Å². The second kappa shape index (κ2) is 10.6. The van der Waals surface area contributed by atoms with Crippen molar-refractivity contribution in [2.24, 2.45) is 0 Å². The molecule has 5 nitrogen and oxygen atoms in total. The summed E-state index contributed by atoms with van der Waals surface area (Å²) < 4.78 is 11.1. The molecule has 1 fully saturated rings. The summed E-state index contributed by atoms with van der Waals surface area (Å²) in [6, 6.07) is 13.7. The molecular formula is C23H29ClN2O3. The fraction of sp³-hybridized carbons (Fsp3) is 0.435. The predicted octanol–water partition coefficient (Wildman–Crippen LogP) is 4.07. The molecule has 0 radical (unpaired) electrons. The molecular weight excluding hydrogens is 388 g/mol. The summed E-state index contributed by atoms with van der Waals surface area (Å²) in [5.41, 5.74) is 3.24. The number of amides is 1. The number of aryl methyl sites for hydroxylation is 1. The Morgan fingerprint density at radius 2 is 1.97 bits per heavy atom. The van der Waals surface area contributed by atoms with Crippen molar-refractivity contribution in [1.29, 1.82) is 0 Å². The van der Waals surface area contributed by atoms with Crippen molar-refractivity contribution in [1.82, 2.24) is 10.2 Å². The Morgan fingerprint density at radius 3 is 2.66 bits per heavy atom. The van der Waals surface area contributed by atoms with Crippen LogP contribution in [0.3, 0.4) is 0 Å². The van der Waals surface area contributed by atoms with E-state index in [2.05, 4.69) is 41.4 Å². The Kier molecular flexibility index (Phi) is 7.92. The summed E-state index contributed by atoms with van der Waals surface area (Å²) >= 11 is 6.37. The molecule has 1 heterocycles. The molecule has 0 aliphatic carbocycles. The molecule has 1 N–H and O–H groups in total. The van der Waals surface area contributed by atoms with Gasteiger partial charge in [-0.2, -0.15) is 0 Å². The van der Waals surface area contributed by atoms with Gasteiger partial charge in [0.1, 0.15) is 11.9 Å². The first-order valence-electron chi connectivity index (χ1n) is 10.1. The SMILES string of the molecule is COCCNC(=O)c1ccc(OC2CCN(Cc3ccccc3C)CC2)c(Cl)c1. The third kappa shape index (κ3) is 6.20. The summed E-state index contributed by atoms with van der Waals surface area (Å²) in [5, 5.41) is 3.25. The highest BCUT2D eigenvalue weighted by atomic mass is 35.5. The van der Waals surface area contributed by atoms with E-state index in [4.69, 9.17) is 21.1 Å². The van der Waals surface area contributed by atoms with E-state index in [0.717, 1.165) is 32.5 Å². The maximum Gasteiger partial charge on any atom is 0.251 e. The quantitative estimate of drug-likeness (QED) is 0.659. The molecule has 1 saturated heterocycles. The van der Waals surface area contributed by atoms with E-state index in [-0.39, 0.29) is 12.0 Å². The minimum atomic E-state index is -0.167. The standard InChI is InChI=1S/C23H29ClN2O3/c1-17-5-3-4-6-19(17)16-26-12-9-20(10-13-26)29-22-8-7-18(15-21(22)24)23(27)25-11-14-28-2/h3-8,15,20H,9-14,16H2,1-2H3,(H,25,27). The van der Waals surface area contributed by atoms with Crippen LogP contribution in [0.5, 0.6) is 5.75 Å². The summed E-state index contributed by atoms with van der Waals surface area (Å²) in [4.78, 5) is 14.6. The molecule has 156 valence electrons. The highest BCUT2D eigenvalue weighted by Gasteiger charge is 2.22. The van der Waals surface area contributed by atoms with Gasteiger partial charge < -0.3 is 14.8 Å². The van der Waals surface area contributed by atoms with E-state index >= 15 is 0 Å². The number of nitrogens with zero attached hydrogens (tertiary/aromatic N) is 1. The molecule has 0 atom stereocenters. The lowest BCUT2D eigenvalue weighted by atomic mass is 10.0. The van der Waals surface area contributed by atoms with Crippen molar-refractivity contribution in [2.75, 3.05) is 33.4 Å². The third-order valence-electron chi connectivity index (χ3n) is 5.27. The average molecular weight is 417 g/mol. The Morgan fingerprint density at radius 1 is 1.21 bits per heavy atom. The molecule has 0 aromatic heterocycles. The Balaban J connectivity index is 1.50. The number of benzene rings is 2. The zero-order valence-corrected chi connectivity index (χ0v) is 17.9. The lowest BCUT2D eigenvalue weighted by Crippen LogP contribution is -2.38. The van der Waals surface area contributed by atoms with Crippen molar-refractivity contribution in [2.45, 2.75) is 32.4 Å². The first-order chi connectivity index (χ1) is 14.1. The molecule has 1 aliphatic rings.